The molecule has 0 saturated heterocycles. The van der Waals surface area contributed by atoms with Gasteiger partial charge in [-0.2, -0.15) is 0 Å². The van der Waals surface area contributed by atoms with E-state index < -0.39 is 0 Å². The van der Waals surface area contributed by atoms with Gasteiger partial charge in [-0.15, -0.1) is 0 Å². The summed E-state index contributed by atoms with van der Waals surface area (Å²) in [5, 5.41) is 11.7. The van der Waals surface area contributed by atoms with Crippen LogP contribution in [-0.4, -0.2) is 35.1 Å². The van der Waals surface area contributed by atoms with Crippen molar-refractivity contribution in [3.63, 3.8) is 0 Å². The second kappa shape index (κ2) is 8.39. The van der Waals surface area contributed by atoms with Crippen LogP contribution in [0.5, 0.6) is 0 Å². The van der Waals surface area contributed by atoms with E-state index in [-0.39, 0.29) is 5.92 Å². The summed E-state index contributed by atoms with van der Waals surface area (Å²) in [7, 11) is 0. The summed E-state index contributed by atoms with van der Waals surface area (Å²) in [4.78, 5) is 2.39. The molecule has 0 rings (SSSR count). The molecule has 4 heteroatoms. The van der Waals surface area contributed by atoms with E-state index in [9.17, 15) is 0 Å². The lowest BCUT2D eigenvalue weighted by Crippen LogP contribution is -2.39. The fourth-order valence-corrected chi connectivity index (χ4v) is 1.67. The van der Waals surface area contributed by atoms with E-state index in [2.05, 4.69) is 30.8 Å². The first kappa shape index (κ1) is 15.2. The molecule has 0 aromatic rings. The third kappa shape index (κ3) is 5.95. The molecule has 0 amide bonds. The minimum Gasteiger partial charge on any atom is -0.409 e. The Bertz CT molecular complexity index is 204. The average molecular weight is 229 g/mol. The normalized spacial score (nSPS) is 14.8. The van der Waals surface area contributed by atoms with Crippen LogP contribution in [0, 0.1) is 5.92 Å². The first-order chi connectivity index (χ1) is 7.52. The third-order valence-corrected chi connectivity index (χ3v) is 2.91. The maximum Gasteiger partial charge on any atom is 0.143 e. The number of unbranched alkanes of at least 4 members (excludes halogenated alkanes) is 2. The molecule has 3 N–H and O–H groups in total. The minimum absolute atomic E-state index is 0.106. The van der Waals surface area contributed by atoms with Crippen molar-refractivity contribution in [2.45, 2.75) is 53.0 Å². The summed E-state index contributed by atoms with van der Waals surface area (Å²) < 4.78 is 0. The van der Waals surface area contributed by atoms with Gasteiger partial charge in [0.1, 0.15) is 5.84 Å². The van der Waals surface area contributed by atoms with Crippen molar-refractivity contribution in [1.29, 1.82) is 0 Å². The number of oxime groups is 1. The zero-order chi connectivity index (χ0) is 12.6. The van der Waals surface area contributed by atoms with E-state index in [4.69, 9.17) is 10.9 Å². The topological polar surface area (TPSA) is 61.8 Å². The molecule has 4 nitrogen and oxygen atoms in total. The van der Waals surface area contributed by atoms with Gasteiger partial charge in [0.15, 0.2) is 0 Å². The van der Waals surface area contributed by atoms with Crippen LogP contribution in [0.1, 0.15) is 47.0 Å². The molecule has 1 unspecified atom stereocenters. The first-order valence-electron chi connectivity index (χ1n) is 6.24. The first-order valence-corrected chi connectivity index (χ1v) is 6.24. The Balaban J connectivity index is 4.12. The zero-order valence-corrected chi connectivity index (χ0v) is 11.1. The minimum atomic E-state index is 0.106. The molecule has 1 atom stereocenters. The Morgan fingerprint density at radius 3 is 2.38 bits per heavy atom. The monoisotopic (exact) mass is 229 g/mol. The molecular weight excluding hydrogens is 202 g/mol. The molecule has 16 heavy (non-hydrogen) atoms. The fourth-order valence-electron chi connectivity index (χ4n) is 1.67. The predicted octanol–water partition coefficient (Wildman–Crippen LogP) is 2.27. The highest BCUT2D eigenvalue weighted by Crippen LogP contribution is 2.07. The maximum absolute atomic E-state index is 8.62. The van der Waals surface area contributed by atoms with Crippen LogP contribution < -0.4 is 5.73 Å². The third-order valence-electron chi connectivity index (χ3n) is 2.91. The SMILES string of the molecule is CCCCCN(CC(C)C(N)=NO)C(C)C. The maximum atomic E-state index is 8.62. The number of nitrogens with zero attached hydrogens (tertiary/aromatic N) is 2. The molecule has 0 heterocycles. The van der Waals surface area contributed by atoms with E-state index in [1.807, 2.05) is 6.92 Å². The predicted molar refractivity (Wildman–Crippen MR) is 68.8 cm³/mol. The molecule has 0 aliphatic carbocycles. The van der Waals surface area contributed by atoms with Crippen LogP contribution in [0.2, 0.25) is 0 Å². The number of hydrogen-bond acceptors (Lipinski definition) is 3. The molecule has 0 spiro atoms. The van der Waals surface area contributed by atoms with Gasteiger partial charge in [-0.25, -0.2) is 0 Å². The van der Waals surface area contributed by atoms with Gasteiger partial charge in [0.05, 0.1) is 0 Å². The van der Waals surface area contributed by atoms with Crippen LogP contribution >= 0.6 is 0 Å². The molecule has 0 saturated carbocycles. The summed E-state index contributed by atoms with van der Waals surface area (Å²) >= 11 is 0. The summed E-state index contributed by atoms with van der Waals surface area (Å²) in [5.41, 5.74) is 5.59. The van der Waals surface area contributed by atoms with Gasteiger partial charge in [0.2, 0.25) is 0 Å². The highest BCUT2D eigenvalue weighted by Gasteiger charge is 2.15. The molecule has 0 bridgehead atoms. The van der Waals surface area contributed by atoms with E-state index in [0.29, 0.717) is 11.9 Å². The molecule has 0 aliphatic heterocycles. The van der Waals surface area contributed by atoms with Crippen molar-refractivity contribution in [3.05, 3.63) is 0 Å². The van der Waals surface area contributed by atoms with Crippen molar-refractivity contribution in [1.82, 2.24) is 4.90 Å². The van der Waals surface area contributed by atoms with E-state index in [1.165, 1.54) is 19.3 Å². The number of amidine groups is 1. The van der Waals surface area contributed by atoms with E-state index >= 15 is 0 Å². The Morgan fingerprint density at radius 1 is 1.31 bits per heavy atom. The Morgan fingerprint density at radius 2 is 1.94 bits per heavy atom. The van der Waals surface area contributed by atoms with Crippen LogP contribution in [0.3, 0.4) is 0 Å². The summed E-state index contributed by atoms with van der Waals surface area (Å²) in [6.45, 7) is 10.5. The molecular formula is C12H27N3O. The molecule has 0 radical (unpaired) electrons. The molecule has 0 aromatic heterocycles. The molecule has 0 aliphatic rings. The highest BCUT2D eigenvalue weighted by atomic mass is 16.4. The standard InChI is InChI=1S/C12H27N3O/c1-5-6-7-8-15(10(2)3)9-11(4)12(13)14-16/h10-11,16H,5-9H2,1-4H3,(H2,13,14). The Hall–Kier alpha value is -0.770. The summed E-state index contributed by atoms with van der Waals surface area (Å²) in [6, 6.07) is 0.505. The van der Waals surface area contributed by atoms with E-state index in [1.54, 1.807) is 0 Å². The lowest BCUT2D eigenvalue weighted by Gasteiger charge is -2.28. The van der Waals surface area contributed by atoms with Gasteiger partial charge >= 0.3 is 0 Å². The van der Waals surface area contributed by atoms with Gasteiger partial charge in [-0.05, 0) is 26.8 Å². The zero-order valence-electron chi connectivity index (χ0n) is 11.1. The average Bonchev–Trinajstić information content (AvgIpc) is 2.26. The largest absolute Gasteiger partial charge is 0.409 e. The molecule has 96 valence electrons. The second-order valence-corrected chi connectivity index (χ2v) is 4.72. The van der Waals surface area contributed by atoms with Crippen molar-refractivity contribution in [2.24, 2.45) is 16.8 Å². The lowest BCUT2D eigenvalue weighted by atomic mass is 10.1. The van der Waals surface area contributed by atoms with Gasteiger partial charge < -0.3 is 15.8 Å². The van der Waals surface area contributed by atoms with Gasteiger partial charge in [0, 0.05) is 18.5 Å². The van der Waals surface area contributed by atoms with Gasteiger partial charge in [0.25, 0.3) is 0 Å². The summed E-state index contributed by atoms with van der Waals surface area (Å²) in [6.07, 6.45) is 3.72. The second-order valence-electron chi connectivity index (χ2n) is 4.72. The summed E-state index contributed by atoms with van der Waals surface area (Å²) in [5.74, 6) is 0.426. The molecule has 0 aromatic carbocycles. The van der Waals surface area contributed by atoms with Crippen molar-refractivity contribution >= 4 is 5.84 Å². The number of nitrogens with two attached hydrogens (primary N) is 1. The lowest BCUT2D eigenvalue weighted by molar-refractivity contribution is 0.203. The van der Waals surface area contributed by atoms with Crippen LogP contribution in [0.4, 0.5) is 0 Å². The smallest absolute Gasteiger partial charge is 0.143 e. The highest BCUT2D eigenvalue weighted by molar-refractivity contribution is 5.82. The Labute approximate surface area is 99.5 Å². The van der Waals surface area contributed by atoms with Gasteiger partial charge in [-0.3, -0.25) is 0 Å². The van der Waals surface area contributed by atoms with Crippen molar-refractivity contribution in [3.8, 4) is 0 Å². The van der Waals surface area contributed by atoms with Gasteiger partial charge in [-0.1, -0.05) is 31.8 Å². The van der Waals surface area contributed by atoms with Crippen molar-refractivity contribution in [2.75, 3.05) is 13.1 Å². The fraction of sp³-hybridized carbons (Fsp3) is 0.917. The molecule has 0 fully saturated rings. The van der Waals surface area contributed by atoms with Crippen molar-refractivity contribution < 1.29 is 5.21 Å². The number of hydrogen-bond donors (Lipinski definition) is 2. The van der Waals surface area contributed by atoms with Crippen LogP contribution in [-0.2, 0) is 0 Å². The van der Waals surface area contributed by atoms with E-state index in [0.717, 1.165) is 13.1 Å². The van der Waals surface area contributed by atoms with Crippen LogP contribution in [0.25, 0.3) is 0 Å². The van der Waals surface area contributed by atoms with Crippen LogP contribution in [0.15, 0.2) is 5.16 Å². The number of rotatable bonds is 8. The Kier molecular flexibility index (Phi) is 7.99. The quantitative estimate of drug-likeness (QED) is 0.221.